The van der Waals surface area contributed by atoms with Crippen LogP contribution in [0.1, 0.15) is 60.8 Å². The van der Waals surface area contributed by atoms with Crippen LogP contribution in [0.5, 0.6) is 5.75 Å². The summed E-state index contributed by atoms with van der Waals surface area (Å²) in [5.41, 5.74) is 4.43. The maximum absolute atomic E-state index is 13.5. The Morgan fingerprint density at radius 1 is 0.880 bits per heavy atom. The molecule has 0 heterocycles. The monoisotopic (exact) mass is 694 g/mol. The van der Waals surface area contributed by atoms with Gasteiger partial charge in [0.15, 0.2) is 5.78 Å². The van der Waals surface area contributed by atoms with Crippen LogP contribution < -0.4 is 10.1 Å². The van der Waals surface area contributed by atoms with Crippen molar-refractivity contribution in [2.75, 3.05) is 20.3 Å². The molecular weight excluding hydrogens is 656 g/mol. The van der Waals surface area contributed by atoms with Gasteiger partial charge in [0.1, 0.15) is 23.9 Å². The fraction of sp³-hybridized carbons (Fsp3) is 0.300. The van der Waals surface area contributed by atoms with Crippen molar-refractivity contribution in [2.45, 2.75) is 56.5 Å². The third-order valence-electron chi connectivity index (χ3n) is 9.59. The van der Waals surface area contributed by atoms with Crippen molar-refractivity contribution in [3.63, 3.8) is 0 Å². The number of carbonyl (C=O) groups excluding carboxylic acids is 4. The van der Waals surface area contributed by atoms with Crippen LogP contribution in [0.2, 0.25) is 5.02 Å². The second-order valence-corrected chi connectivity index (χ2v) is 12.9. The molecule has 10 heteroatoms. The van der Waals surface area contributed by atoms with Gasteiger partial charge in [-0.25, -0.2) is 14.4 Å². The van der Waals surface area contributed by atoms with Crippen LogP contribution in [0.3, 0.4) is 0 Å². The number of nitrogens with zero attached hydrogens (tertiary/aromatic N) is 1. The first-order valence-electron chi connectivity index (χ1n) is 16.8. The first-order chi connectivity index (χ1) is 24.2. The van der Waals surface area contributed by atoms with E-state index in [0.29, 0.717) is 29.0 Å². The number of ether oxygens (including phenoxy) is 3. The summed E-state index contributed by atoms with van der Waals surface area (Å²) in [5, 5.41) is 3.09. The third kappa shape index (κ3) is 6.96. The number of ketones is 1. The molecule has 2 aliphatic carbocycles. The molecular formula is C40H39ClN2O7. The molecule has 0 aromatic heterocycles. The second-order valence-electron chi connectivity index (χ2n) is 12.5. The van der Waals surface area contributed by atoms with Crippen LogP contribution in [-0.2, 0) is 31.0 Å². The van der Waals surface area contributed by atoms with Crippen LogP contribution in [0, 0.1) is 0 Å². The summed E-state index contributed by atoms with van der Waals surface area (Å²) < 4.78 is 16.6. The molecule has 0 unspecified atom stereocenters. The van der Waals surface area contributed by atoms with E-state index in [4.69, 9.17) is 25.8 Å². The number of esters is 1. The van der Waals surface area contributed by atoms with E-state index in [1.54, 1.807) is 62.5 Å². The van der Waals surface area contributed by atoms with Gasteiger partial charge < -0.3 is 19.5 Å². The van der Waals surface area contributed by atoms with Crippen LogP contribution in [0.25, 0.3) is 11.1 Å². The van der Waals surface area contributed by atoms with E-state index in [-0.39, 0.29) is 37.1 Å². The molecule has 258 valence electrons. The number of carbonyl (C=O) groups is 4. The van der Waals surface area contributed by atoms with Gasteiger partial charge in [-0.15, -0.1) is 0 Å². The Morgan fingerprint density at radius 3 is 2.16 bits per heavy atom. The predicted octanol–water partition coefficient (Wildman–Crippen LogP) is 7.82. The largest absolute Gasteiger partial charge is 0.464 e. The summed E-state index contributed by atoms with van der Waals surface area (Å²) in [7, 11) is 1.56. The topological polar surface area (TPSA) is 111 Å². The van der Waals surface area contributed by atoms with Crippen LogP contribution in [0.4, 0.5) is 9.59 Å². The normalized spacial score (nSPS) is 17.2. The van der Waals surface area contributed by atoms with Gasteiger partial charge in [0.2, 0.25) is 0 Å². The Kier molecular flexibility index (Phi) is 10.5. The molecule has 1 N–H and O–H groups in total. The van der Waals surface area contributed by atoms with E-state index < -0.39 is 29.7 Å². The van der Waals surface area contributed by atoms with E-state index in [1.165, 1.54) is 4.90 Å². The smallest absolute Gasteiger partial charge is 0.416 e. The average molecular weight is 695 g/mol. The van der Waals surface area contributed by atoms with Crippen LogP contribution in [-0.4, -0.2) is 55.1 Å². The highest BCUT2D eigenvalue weighted by Crippen LogP contribution is 2.45. The summed E-state index contributed by atoms with van der Waals surface area (Å²) in [5.74, 6) is -0.555. The lowest BCUT2D eigenvalue weighted by molar-refractivity contribution is -0.145. The van der Waals surface area contributed by atoms with Gasteiger partial charge in [-0.2, -0.15) is 0 Å². The van der Waals surface area contributed by atoms with Crippen LogP contribution >= 0.6 is 11.6 Å². The highest BCUT2D eigenvalue weighted by Gasteiger charge is 2.48. The molecule has 6 rings (SSSR count). The Hall–Kier alpha value is -5.15. The molecule has 9 nitrogen and oxygen atoms in total. The Morgan fingerprint density at radius 2 is 1.52 bits per heavy atom. The number of benzene rings is 4. The Balaban J connectivity index is 1.11. The molecule has 0 spiro atoms. The first kappa shape index (κ1) is 34.7. The van der Waals surface area contributed by atoms with Gasteiger partial charge in [0, 0.05) is 36.4 Å². The molecule has 0 radical (unpaired) electrons. The molecule has 0 bridgehead atoms. The third-order valence-corrected chi connectivity index (χ3v) is 9.92. The fourth-order valence-electron chi connectivity index (χ4n) is 7.10. The lowest BCUT2D eigenvalue weighted by Crippen LogP contribution is -2.55. The molecule has 1 fully saturated rings. The zero-order valence-electron chi connectivity index (χ0n) is 28.0. The number of alkyl carbamates (subject to hydrolysis) is 1. The van der Waals surface area contributed by atoms with Gasteiger partial charge in [-0.3, -0.25) is 9.69 Å². The van der Waals surface area contributed by atoms with E-state index in [2.05, 4.69) is 17.4 Å². The van der Waals surface area contributed by atoms with Crippen molar-refractivity contribution in [1.82, 2.24) is 10.2 Å². The van der Waals surface area contributed by atoms with Crippen LogP contribution in [0.15, 0.2) is 97.1 Å². The molecule has 2 atom stereocenters. The molecule has 0 saturated heterocycles. The van der Waals surface area contributed by atoms with E-state index >= 15 is 0 Å². The number of rotatable bonds is 10. The molecule has 50 heavy (non-hydrogen) atoms. The van der Waals surface area contributed by atoms with Crippen molar-refractivity contribution in [3.05, 3.63) is 124 Å². The minimum atomic E-state index is -1.23. The van der Waals surface area contributed by atoms with Gasteiger partial charge in [-0.1, -0.05) is 90.5 Å². The number of hydrogen-bond acceptors (Lipinski definition) is 7. The standard InChI is InChI=1S/C40H39ClN2O7/c1-3-48-37(45)35(42-38(46)49-25-32-30-14-6-4-12-28(30)29-13-5-7-15-31(29)32)24-26-19-21-27(22-20-26)50-39(47)43(2)40(23-11-10-18-36(40)44)33-16-8-9-17-34(33)41/h4-9,12-17,19-22,32,35H,3,10-11,18,23-25H2,1-2H3,(H,42,46)/t35-,40-/m0/s1. The minimum Gasteiger partial charge on any atom is -0.464 e. The van der Waals surface area contributed by atoms with E-state index in [0.717, 1.165) is 35.1 Å². The second kappa shape index (κ2) is 15.2. The maximum atomic E-state index is 13.5. The molecule has 2 amide bonds. The highest BCUT2D eigenvalue weighted by atomic mass is 35.5. The maximum Gasteiger partial charge on any atom is 0.416 e. The predicted molar refractivity (Wildman–Crippen MR) is 189 cm³/mol. The number of Topliss-reactive ketones (excluding diaryl/α,β-unsaturated/α-hetero) is 1. The van der Waals surface area contributed by atoms with Gasteiger partial charge in [0.25, 0.3) is 0 Å². The summed E-state index contributed by atoms with van der Waals surface area (Å²) in [6.07, 6.45) is 0.960. The fourth-order valence-corrected chi connectivity index (χ4v) is 7.39. The molecule has 4 aromatic carbocycles. The average Bonchev–Trinajstić information content (AvgIpc) is 3.45. The minimum absolute atomic E-state index is 0.0828. The van der Waals surface area contributed by atoms with Crippen molar-refractivity contribution < 1.29 is 33.4 Å². The SMILES string of the molecule is CCOC(=O)[C@H](Cc1ccc(OC(=O)N(C)[C@]2(c3ccccc3Cl)CCCCC2=O)cc1)NC(=O)OCC1c2ccccc2-c2ccccc21. The van der Waals surface area contributed by atoms with Crippen molar-refractivity contribution >= 4 is 35.5 Å². The number of hydrogen-bond donors (Lipinski definition) is 1. The number of nitrogens with one attached hydrogen (secondary N) is 1. The summed E-state index contributed by atoms with van der Waals surface area (Å²) in [6.45, 7) is 1.94. The van der Waals surface area contributed by atoms with E-state index in [9.17, 15) is 19.2 Å². The quantitative estimate of drug-likeness (QED) is 0.169. The summed E-state index contributed by atoms with van der Waals surface area (Å²) in [6, 6.07) is 28.8. The number of likely N-dealkylation sites (N-methyl/N-ethyl adjacent to an activating group) is 1. The first-order valence-corrected chi connectivity index (χ1v) is 17.2. The summed E-state index contributed by atoms with van der Waals surface area (Å²) in [4.78, 5) is 54.2. The van der Waals surface area contributed by atoms with Crippen molar-refractivity contribution in [3.8, 4) is 16.9 Å². The van der Waals surface area contributed by atoms with Crippen molar-refractivity contribution in [1.29, 1.82) is 0 Å². The zero-order valence-corrected chi connectivity index (χ0v) is 28.8. The van der Waals surface area contributed by atoms with Crippen molar-refractivity contribution in [2.24, 2.45) is 0 Å². The zero-order chi connectivity index (χ0) is 35.3. The van der Waals surface area contributed by atoms with E-state index in [1.807, 2.05) is 36.4 Å². The molecule has 0 aliphatic heterocycles. The highest BCUT2D eigenvalue weighted by molar-refractivity contribution is 6.31. The number of amides is 2. The lowest BCUT2D eigenvalue weighted by Gasteiger charge is -2.43. The molecule has 1 saturated carbocycles. The number of halogens is 1. The Labute approximate surface area is 296 Å². The van der Waals surface area contributed by atoms with Gasteiger partial charge in [-0.05, 0) is 72.2 Å². The number of fused-ring (bicyclic) bond motifs is 3. The molecule has 4 aromatic rings. The Bertz CT molecular complexity index is 1850. The molecule has 2 aliphatic rings. The summed E-state index contributed by atoms with van der Waals surface area (Å²) >= 11 is 6.54. The van der Waals surface area contributed by atoms with Gasteiger partial charge in [0.05, 0.1) is 6.61 Å². The lowest BCUT2D eigenvalue weighted by atomic mass is 9.74. The van der Waals surface area contributed by atoms with Gasteiger partial charge >= 0.3 is 18.2 Å².